The van der Waals surface area contributed by atoms with Crippen molar-refractivity contribution in [1.82, 2.24) is 0 Å². The lowest BCUT2D eigenvalue weighted by atomic mass is 10.4. The molecule has 0 bridgehead atoms. The highest BCUT2D eigenvalue weighted by molar-refractivity contribution is 5.86. The first-order chi connectivity index (χ1) is 5.30. The minimum atomic E-state index is -5.06. The number of ether oxygens (including phenoxy) is 1. The number of esters is 1. The molecule has 7 heteroatoms. The largest absolute Gasteiger partial charge is 0.464 e. The highest BCUT2D eigenvalue weighted by Crippen LogP contribution is 2.24. The molecule has 0 saturated carbocycles. The van der Waals surface area contributed by atoms with Crippen LogP contribution >= 0.6 is 0 Å². The van der Waals surface area contributed by atoms with Gasteiger partial charge in [-0.3, -0.25) is 0 Å². The van der Waals surface area contributed by atoms with Gasteiger partial charge >= 0.3 is 12.1 Å². The summed E-state index contributed by atoms with van der Waals surface area (Å²) in [6, 6.07) is 0. The van der Waals surface area contributed by atoms with Gasteiger partial charge in [0.25, 0.3) is 0 Å². The molecule has 70 valence electrons. The van der Waals surface area contributed by atoms with Crippen molar-refractivity contribution in [3.05, 3.63) is 11.5 Å². The van der Waals surface area contributed by atoms with E-state index in [4.69, 9.17) is 0 Å². The lowest BCUT2D eigenvalue weighted by Gasteiger charge is -2.06. The van der Waals surface area contributed by atoms with E-state index in [0.717, 1.165) is 7.11 Å². The predicted octanol–water partition coefficient (Wildman–Crippen LogP) is 0.862. The maximum Gasteiger partial charge on any atom is 0.433 e. The van der Waals surface area contributed by atoms with Crippen molar-refractivity contribution in [3.63, 3.8) is 0 Å². The molecule has 0 spiro atoms. The highest BCUT2D eigenvalue weighted by Gasteiger charge is 2.37. The zero-order chi connectivity index (χ0) is 9.94. The Morgan fingerprint density at radius 2 is 1.83 bits per heavy atom. The summed E-state index contributed by atoms with van der Waals surface area (Å²) in [7, 11) is 0.742. The van der Waals surface area contributed by atoms with Crippen molar-refractivity contribution in [3.8, 4) is 0 Å². The van der Waals surface area contributed by atoms with Crippen molar-refractivity contribution in [2.45, 2.75) is 6.18 Å². The zero-order valence-electron chi connectivity index (χ0n) is 5.91. The van der Waals surface area contributed by atoms with E-state index in [0.29, 0.717) is 0 Å². The summed E-state index contributed by atoms with van der Waals surface area (Å²) in [4.78, 5) is 10.2. The number of allylic oxidation sites excluding steroid dienone is 1. The maximum absolute atomic E-state index is 12.2. The summed E-state index contributed by atoms with van der Waals surface area (Å²) in [5.41, 5.74) is 2.16. The van der Waals surface area contributed by atoms with Crippen LogP contribution in [0.25, 0.3) is 0 Å². The van der Waals surface area contributed by atoms with Crippen LogP contribution in [0.1, 0.15) is 0 Å². The van der Waals surface area contributed by atoms with E-state index in [1.54, 1.807) is 0 Å². The predicted molar refractivity (Wildman–Crippen MR) is 30.4 cm³/mol. The number of alkyl halides is 3. The molecule has 0 saturated heterocycles. The molecule has 2 N–H and O–H groups in total. The molecule has 0 aromatic carbocycles. The van der Waals surface area contributed by atoms with Crippen molar-refractivity contribution in [2.24, 2.45) is 5.73 Å². The Bertz CT molecular complexity index is 220. The SMILES string of the molecule is COC(=O)C(F)=C(N)C(F)(F)F. The van der Waals surface area contributed by atoms with Crippen molar-refractivity contribution in [1.29, 1.82) is 0 Å². The third-order valence-electron chi connectivity index (χ3n) is 0.906. The van der Waals surface area contributed by atoms with Crippen molar-refractivity contribution < 1.29 is 27.1 Å². The Hall–Kier alpha value is -1.27. The van der Waals surface area contributed by atoms with Gasteiger partial charge in [-0.05, 0) is 0 Å². The molecule has 0 unspecified atom stereocenters. The standard InChI is InChI=1S/C5H5F4NO2/c1-12-4(11)2(6)3(10)5(7,8)9/h10H2,1H3. The molecule has 0 aliphatic carbocycles. The zero-order valence-corrected chi connectivity index (χ0v) is 5.91. The second kappa shape index (κ2) is 3.42. The molecule has 12 heavy (non-hydrogen) atoms. The van der Waals surface area contributed by atoms with Crippen molar-refractivity contribution in [2.75, 3.05) is 7.11 Å². The normalized spacial score (nSPS) is 13.8. The van der Waals surface area contributed by atoms with E-state index in [1.807, 2.05) is 0 Å². The number of carbonyl (C=O) groups excluding carboxylic acids is 1. The Labute approximate surface area is 64.8 Å². The first-order valence-electron chi connectivity index (χ1n) is 2.61. The van der Waals surface area contributed by atoms with Gasteiger partial charge in [-0.2, -0.15) is 17.6 Å². The fourth-order valence-electron chi connectivity index (χ4n) is 0.324. The molecular weight excluding hydrogens is 182 g/mol. The summed E-state index contributed by atoms with van der Waals surface area (Å²) >= 11 is 0. The molecule has 0 atom stereocenters. The van der Waals surface area contributed by atoms with E-state index >= 15 is 0 Å². The summed E-state index contributed by atoms with van der Waals surface area (Å²) in [5, 5.41) is 0. The van der Waals surface area contributed by atoms with Gasteiger partial charge in [-0.1, -0.05) is 0 Å². The van der Waals surface area contributed by atoms with Gasteiger partial charge in [-0.25, -0.2) is 4.79 Å². The molecule has 0 heterocycles. The summed E-state index contributed by atoms with van der Waals surface area (Å²) < 4.78 is 50.6. The van der Waals surface area contributed by atoms with Gasteiger partial charge in [0.15, 0.2) is 5.70 Å². The second-order valence-corrected chi connectivity index (χ2v) is 1.72. The van der Waals surface area contributed by atoms with E-state index in [9.17, 15) is 22.4 Å². The molecule has 0 aromatic rings. The number of halogens is 4. The van der Waals surface area contributed by atoms with Gasteiger partial charge in [0.2, 0.25) is 5.83 Å². The maximum atomic E-state index is 12.2. The fraction of sp³-hybridized carbons (Fsp3) is 0.400. The average molecular weight is 187 g/mol. The smallest absolute Gasteiger partial charge is 0.433 e. The van der Waals surface area contributed by atoms with Gasteiger partial charge in [0.1, 0.15) is 0 Å². The molecule has 0 aromatic heterocycles. The fourth-order valence-corrected chi connectivity index (χ4v) is 0.324. The summed E-state index contributed by atoms with van der Waals surface area (Å²) in [6.07, 6.45) is -5.06. The second-order valence-electron chi connectivity index (χ2n) is 1.72. The number of rotatable bonds is 1. The summed E-state index contributed by atoms with van der Waals surface area (Å²) in [6.45, 7) is 0. The molecule has 0 rings (SSSR count). The monoisotopic (exact) mass is 187 g/mol. The molecule has 0 aliphatic rings. The number of nitrogens with two attached hydrogens (primary N) is 1. The molecule has 0 aliphatic heterocycles. The number of carbonyl (C=O) groups is 1. The lowest BCUT2D eigenvalue weighted by molar-refractivity contribution is -0.139. The number of hydrogen-bond acceptors (Lipinski definition) is 3. The minimum absolute atomic E-state index is 0.742. The van der Waals surface area contributed by atoms with Gasteiger partial charge in [0, 0.05) is 0 Å². The van der Waals surface area contributed by atoms with Crippen LogP contribution < -0.4 is 5.73 Å². The quantitative estimate of drug-likeness (QED) is 0.376. The van der Waals surface area contributed by atoms with Crippen LogP contribution in [0.3, 0.4) is 0 Å². The van der Waals surface area contributed by atoms with E-state index in [1.165, 1.54) is 0 Å². The van der Waals surface area contributed by atoms with Crippen LogP contribution in [0.2, 0.25) is 0 Å². The van der Waals surface area contributed by atoms with E-state index in [-0.39, 0.29) is 0 Å². The molecule has 0 fully saturated rings. The Morgan fingerprint density at radius 1 is 1.42 bits per heavy atom. The first-order valence-corrected chi connectivity index (χ1v) is 2.61. The third-order valence-corrected chi connectivity index (χ3v) is 0.906. The Kier molecular flexibility index (Phi) is 3.06. The minimum Gasteiger partial charge on any atom is -0.464 e. The van der Waals surface area contributed by atoms with Crippen LogP contribution in [0.15, 0.2) is 11.5 Å². The van der Waals surface area contributed by atoms with Crippen LogP contribution in [0.4, 0.5) is 17.6 Å². The van der Waals surface area contributed by atoms with E-state index < -0.39 is 23.7 Å². The molecular formula is C5H5F4NO2. The van der Waals surface area contributed by atoms with Gasteiger partial charge < -0.3 is 10.5 Å². The van der Waals surface area contributed by atoms with Crippen LogP contribution in [0.5, 0.6) is 0 Å². The third kappa shape index (κ3) is 2.40. The highest BCUT2D eigenvalue weighted by atomic mass is 19.4. The molecule has 0 radical (unpaired) electrons. The van der Waals surface area contributed by atoms with Crippen LogP contribution in [-0.2, 0) is 9.53 Å². The molecule has 0 amide bonds. The van der Waals surface area contributed by atoms with Gasteiger partial charge in [0.05, 0.1) is 7.11 Å². The first kappa shape index (κ1) is 10.7. The summed E-state index contributed by atoms with van der Waals surface area (Å²) in [5.74, 6) is -3.88. The van der Waals surface area contributed by atoms with Gasteiger partial charge in [-0.15, -0.1) is 0 Å². The molecule has 3 nitrogen and oxygen atoms in total. The topological polar surface area (TPSA) is 52.3 Å². The van der Waals surface area contributed by atoms with Crippen LogP contribution in [-0.4, -0.2) is 19.3 Å². The number of hydrogen-bond donors (Lipinski definition) is 1. The lowest BCUT2D eigenvalue weighted by Crippen LogP contribution is -2.23. The van der Waals surface area contributed by atoms with E-state index in [2.05, 4.69) is 10.5 Å². The average Bonchev–Trinajstić information content (AvgIpc) is 1.98. The Balaban J connectivity index is 4.82. The van der Waals surface area contributed by atoms with Crippen LogP contribution in [0, 0.1) is 0 Å². The van der Waals surface area contributed by atoms with Crippen molar-refractivity contribution >= 4 is 5.97 Å². The number of methoxy groups -OCH3 is 1. The Morgan fingerprint density at radius 3 is 2.08 bits per heavy atom.